The van der Waals surface area contributed by atoms with Crippen molar-refractivity contribution in [3.8, 4) is 0 Å². The highest BCUT2D eigenvalue weighted by Gasteiger charge is 2.00. The number of aryl methyl sites for hydroxylation is 1. The second-order valence-electron chi connectivity index (χ2n) is 3.20. The summed E-state index contributed by atoms with van der Waals surface area (Å²) in [5, 5.41) is 10.1. The van der Waals surface area contributed by atoms with E-state index in [9.17, 15) is 0 Å². The lowest BCUT2D eigenvalue weighted by Crippen LogP contribution is -2.12. The van der Waals surface area contributed by atoms with Gasteiger partial charge in [0, 0.05) is 17.8 Å². The van der Waals surface area contributed by atoms with Gasteiger partial charge in [0.25, 0.3) is 0 Å². The molecule has 0 aromatic carbocycles. The number of aromatic nitrogens is 2. The Labute approximate surface area is 82.3 Å². The van der Waals surface area contributed by atoms with Crippen LogP contribution in [0.5, 0.6) is 0 Å². The molecule has 2 N–H and O–H groups in total. The Balaban J connectivity index is 1.81. The highest BCUT2D eigenvalue weighted by Crippen LogP contribution is 2.03. The van der Waals surface area contributed by atoms with Crippen molar-refractivity contribution in [2.45, 2.75) is 20.0 Å². The maximum absolute atomic E-state index is 5.20. The molecule has 0 bridgehead atoms. The fourth-order valence-corrected chi connectivity index (χ4v) is 1.29. The molecular weight excluding hydrogens is 178 g/mol. The van der Waals surface area contributed by atoms with Crippen molar-refractivity contribution in [2.75, 3.05) is 0 Å². The molecule has 74 valence electrons. The zero-order valence-corrected chi connectivity index (χ0v) is 8.08. The minimum Gasteiger partial charge on any atom is -0.468 e. The number of hydrogen-bond donors (Lipinski definition) is 2. The van der Waals surface area contributed by atoms with Crippen LogP contribution >= 0.6 is 0 Å². The summed E-state index contributed by atoms with van der Waals surface area (Å²) in [6.07, 6.45) is 3.52. The Hall–Kier alpha value is -1.55. The van der Waals surface area contributed by atoms with Crippen molar-refractivity contribution in [1.82, 2.24) is 15.5 Å². The topological polar surface area (TPSA) is 53.9 Å². The number of nitrogens with one attached hydrogen (secondary N) is 2. The van der Waals surface area contributed by atoms with E-state index in [-0.39, 0.29) is 0 Å². The molecule has 2 heterocycles. The Kier molecular flexibility index (Phi) is 2.65. The fourth-order valence-electron chi connectivity index (χ4n) is 1.29. The van der Waals surface area contributed by atoms with Gasteiger partial charge < -0.3 is 9.73 Å². The lowest BCUT2D eigenvalue weighted by atomic mass is 10.2. The van der Waals surface area contributed by atoms with Crippen LogP contribution in [-0.4, -0.2) is 10.2 Å². The van der Waals surface area contributed by atoms with Crippen LogP contribution in [0.3, 0.4) is 0 Å². The van der Waals surface area contributed by atoms with Gasteiger partial charge in [-0.15, -0.1) is 0 Å². The average Bonchev–Trinajstić information content (AvgIpc) is 2.78. The molecular formula is C10H13N3O. The lowest BCUT2D eigenvalue weighted by molar-refractivity contribution is 0.483. The van der Waals surface area contributed by atoms with Gasteiger partial charge in [0.2, 0.25) is 0 Å². The van der Waals surface area contributed by atoms with Crippen LogP contribution in [0, 0.1) is 6.92 Å². The van der Waals surface area contributed by atoms with E-state index >= 15 is 0 Å². The first kappa shape index (κ1) is 9.02. The van der Waals surface area contributed by atoms with Crippen LogP contribution in [0.1, 0.15) is 17.0 Å². The first-order chi connectivity index (χ1) is 6.86. The molecule has 2 aromatic rings. The first-order valence-corrected chi connectivity index (χ1v) is 4.58. The van der Waals surface area contributed by atoms with Crippen LogP contribution in [0.15, 0.2) is 29.0 Å². The van der Waals surface area contributed by atoms with Gasteiger partial charge in [-0.25, -0.2) is 0 Å². The standard InChI is InChI=1S/C10H13N3O/c1-8-9(6-12-13-8)5-11-7-10-3-2-4-14-10/h2-4,6,11H,5,7H2,1H3,(H,12,13). The number of hydrogen-bond acceptors (Lipinski definition) is 3. The molecule has 0 spiro atoms. The normalized spacial score (nSPS) is 10.6. The Morgan fingerprint density at radius 1 is 1.50 bits per heavy atom. The summed E-state index contributed by atoms with van der Waals surface area (Å²) in [4.78, 5) is 0. The summed E-state index contributed by atoms with van der Waals surface area (Å²) in [5.41, 5.74) is 2.30. The lowest BCUT2D eigenvalue weighted by Gasteiger charge is -2.00. The fraction of sp³-hybridized carbons (Fsp3) is 0.300. The largest absolute Gasteiger partial charge is 0.468 e. The first-order valence-electron chi connectivity index (χ1n) is 4.58. The predicted molar refractivity (Wildman–Crippen MR) is 52.6 cm³/mol. The molecule has 0 aliphatic heterocycles. The van der Waals surface area contributed by atoms with Crippen molar-refractivity contribution >= 4 is 0 Å². The zero-order chi connectivity index (χ0) is 9.80. The molecule has 0 amide bonds. The minimum atomic E-state index is 0.748. The summed E-state index contributed by atoms with van der Waals surface area (Å²) in [7, 11) is 0. The second-order valence-corrected chi connectivity index (χ2v) is 3.20. The molecule has 0 atom stereocenters. The van der Waals surface area contributed by atoms with E-state index in [4.69, 9.17) is 4.42 Å². The van der Waals surface area contributed by atoms with E-state index in [0.29, 0.717) is 0 Å². The van der Waals surface area contributed by atoms with Gasteiger partial charge in [-0.2, -0.15) is 5.10 Å². The van der Waals surface area contributed by atoms with Crippen LogP contribution in [0.25, 0.3) is 0 Å². The Morgan fingerprint density at radius 2 is 2.43 bits per heavy atom. The highest BCUT2D eigenvalue weighted by molar-refractivity contribution is 5.13. The quantitative estimate of drug-likeness (QED) is 0.771. The van der Waals surface area contributed by atoms with E-state index in [1.807, 2.05) is 25.3 Å². The third kappa shape index (κ3) is 2.03. The van der Waals surface area contributed by atoms with Gasteiger partial charge in [-0.1, -0.05) is 0 Å². The molecule has 0 fully saturated rings. The second kappa shape index (κ2) is 4.11. The van der Waals surface area contributed by atoms with Gasteiger partial charge in [0.05, 0.1) is 19.0 Å². The van der Waals surface area contributed by atoms with Gasteiger partial charge >= 0.3 is 0 Å². The maximum atomic E-state index is 5.20. The molecule has 4 heteroatoms. The third-order valence-corrected chi connectivity index (χ3v) is 2.13. The molecule has 0 aliphatic carbocycles. The molecule has 0 aliphatic rings. The highest BCUT2D eigenvalue weighted by atomic mass is 16.3. The van der Waals surface area contributed by atoms with E-state index in [1.54, 1.807) is 6.26 Å². The minimum absolute atomic E-state index is 0.748. The predicted octanol–water partition coefficient (Wildman–Crippen LogP) is 1.60. The van der Waals surface area contributed by atoms with Crippen molar-refractivity contribution in [1.29, 1.82) is 0 Å². The number of nitrogens with zero attached hydrogens (tertiary/aromatic N) is 1. The van der Waals surface area contributed by atoms with Crippen molar-refractivity contribution < 1.29 is 4.42 Å². The SMILES string of the molecule is Cc1[nH]ncc1CNCc1ccco1. The van der Waals surface area contributed by atoms with E-state index in [1.165, 1.54) is 5.56 Å². The summed E-state index contributed by atoms with van der Waals surface area (Å²) in [6.45, 7) is 3.57. The van der Waals surface area contributed by atoms with Crippen LogP contribution < -0.4 is 5.32 Å². The molecule has 2 aromatic heterocycles. The maximum Gasteiger partial charge on any atom is 0.117 e. The number of rotatable bonds is 4. The smallest absolute Gasteiger partial charge is 0.117 e. The van der Waals surface area contributed by atoms with Crippen LogP contribution in [0.2, 0.25) is 0 Å². The number of furan rings is 1. The zero-order valence-electron chi connectivity index (χ0n) is 8.08. The molecule has 4 nitrogen and oxygen atoms in total. The van der Waals surface area contributed by atoms with E-state index in [0.717, 1.165) is 24.5 Å². The Morgan fingerprint density at radius 3 is 3.07 bits per heavy atom. The number of H-pyrrole nitrogens is 1. The monoisotopic (exact) mass is 191 g/mol. The third-order valence-electron chi connectivity index (χ3n) is 2.13. The van der Waals surface area contributed by atoms with Crippen molar-refractivity contribution in [3.05, 3.63) is 41.6 Å². The van der Waals surface area contributed by atoms with Crippen molar-refractivity contribution in [3.63, 3.8) is 0 Å². The van der Waals surface area contributed by atoms with Gasteiger partial charge in [0.1, 0.15) is 5.76 Å². The summed E-state index contributed by atoms with van der Waals surface area (Å²) in [5.74, 6) is 0.950. The van der Waals surface area contributed by atoms with Gasteiger partial charge in [0.15, 0.2) is 0 Å². The average molecular weight is 191 g/mol. The number of aromatic amines is 1. The van der Waals surface area contributed by atoms with Crippen LogP contribution in [-0.2, 0) is 13.1 Å². The van der Waals surface area contributed by atoms with Gasteiger partial charge in [-0.05, 0) is 19.1 Å². The molecule has 14 heavy (non-hydrogen) atoms. The molecule has 0 radical (unpaired) electrons. The summed E-state index contributed by atoms with van der Waals surface area (Å²) in [6, 6.07) is 3.84. The van der Waals surface area contributed by atoms with Gasteiger partial charge in [-0.3, -0.25) is 5.10 Å². The van der Waals surface area contributed by atoms with E-state index in [2.05, 4.69) is 15.5 Å². The van der Waals surface area contributed by atoms with E-state index < -0.39 is 0 Å². The Bertz CT molecular complexity index is 378. The molecule has 2 rings (SSSR count). The summed E-state index contributed by atoms with van der Waals surface area (Å²) < 4.78 is 5.20. The van der Waals surface area contributed by atoms with Crippen LogP contribution in [0.4, 0.5) is 0 Å². The molecule has 0 saturated carbocycles. The molecule has 0 unspecified atom stereocenters. The summed E-state index contributed by atoms with van der Waals surface area (Å²) >= 11 is 0. The molecule has 0 saturated heterocycles. The van der Waals surface area contributed by atoms with Crippen molar-refractivity contribution in [2.24, 2.45) is 0 Å².